The van der Waals surface area contributed by atoms with Crippen LogP contribution in [-0.2, 0) is 4.74 Å². The van der Waals surface area contributed by atoms with Crippen molar-refractivity contribution in [2.24, 2.45) is 5.92 Å². The van der Waals surface area contributed by atoms with Crippen LogP contribution in [0.4, 0.5) is 8.78 Å². The van der Waals surface area contributed by atoms with Crippen molar-refractivity contribution in [1.82, 2.24) is 24.5 Å². The zero-order chi connectivity index (χ0) is 18.1. The van der Waals surface area contributed by atoms with E-state index in [1.807, 2.05) is 0 Å². The van der Waals surface area contributed by atoms with Crippen molar-refractivity contribution >= 4 is 10.9 Å². The normalized spacial score (nSPS) is 17.3. The molecule has 4 rings (SSSR count). The molecule has 4 heterocycles. The molecule has 1 unspecified atom stereocenters. The predicted octanol–water partition coefficient (Wildman–Crippen LogP) is 1.99. The molecule has 1 saturated heterocycles. The number of nitrogens with zero attached hydrogens (tertiary/aromatic N) is 4. The summed E-state index contributed by atoms with van der Waals surface area (Å²) in [6.07, 6.45) is 4.46. The molecule has 3 aromatic rings. The number of aromatic amines is 1. The second-order valence-electron chi connectivity index (χ2n) is 5.95. The van der Waals surface area contributed by atoms with Crippen LogP contribution in [0.5, 0.6) is 6.01 Å². The number of rotatable bonds is 5. The minimum Gasteiger partial charge on any atom is -0.464 e. The first-order valence-electron chi connectivity index (χ1n) is 8.03. The number of hydrogen-bond donors (Lipinski definition) is 1. The van der Waals surface area contributed by atoms with Gasteiger partial charge in [-0.15, -0.1) is 0 Å². The van der Waals surface area contributed by atoms with Gasteiger partial charge in [-0.25, -0.2) is 4.98 Å². The zero-order valence-electron chi connectivity index (χ0n) is 13.6. The number of hydrogen-bond acceptors (Lipinski definition) is 6. The topological polar surface area (TPSA) is 94.9 Å². The van der Waals surface area contributed by atoms with E-state index in [1.54, 1.807) is 0 Å². The van der Waals surface area contributed by atoms with Crippen LogP contribution in [0.15, 0.2) is 29.6 Å². The number of imidazole rings is 1. The molecule has 26 heavy (non-hydrogen) atoms. The quantitative estimate of drug-likeness (QED) is 0.745. The fourth-order valence-electron chi connectivity index (χ4n) is 2.78. The van der Waals surface area contributed by atoms with E-state index in [0.29, 0.717) is 24.4 Å². The third kappa shape index (κ3) is 3.15. The molecule has 0 radical (unpaired) electrons. The Morgan fingerprint density at radius 2 is 2.31 bits per heavy atom. The number of fused-ring (bicyclic) bond motifs is 1. The molecule has 0 spiro atoms. The van der Waals surface area contributed by atoms with Gasteiger partial charge in [0, 0.05) is 24.9 Å². The van der Waals surface area contributed by atoms with Gasteiger partial charge in [0.15, 0.2) is 0 Å². The molecular weight excluding hydrogens is 348 g/mol. The SMILES string of the molecule is O=c1[nH]c(OCC2CCOC2)nc2c(-c3cn(C(F)F)cn3)nccc12. The maximum Gasteiger partial charge on any atom is 0.319 e. The molecular formula is C16H15F2N5O3. The first-order chi connectivity index (χ1) is 12.6. The highest BCUT2D eigenvalue weighted by Gasteiger charge is 2.18. The maximum atomic E-state index is 12.8. The summed E-state index contributed by atoms with van der Waals surface area (Å²) in [4.78, 5) is 27.3. The molecule has 3 aromatic heterocycles. The van der Waals surface area contributed by atoms with Crippen LogP contribution in [0.25, 0.3) is 22.3 Å². The van der Waals surface area contributed by atoms with E-state index in [9.17, 15) is 13.6 Å². The van der Waals surface area contributed by atoms with Crippen molar-refractivity contribution in [3.05, 3.63) is 35.1 Å². The standard InChI is InChI=1S/C16H15F2N5O3/c17-15(18)23-5-11(20-8-23)13-12-10(1-3-19-13)14(24)22-16(21-12)26-7-9-2-4-25-6-9/h1,3,5,8-9,15H,2,4,6-7H2,(H,21,22,24). The summed E-state index contributed by atoms with van der Waals surface area (Å²) in [6, 6.07) is 1.56. The molecule has 1 atom stereocenters. The Balaban J connectivity index is 1.71. The van der Waals surface area contributed by atoms with E-state index in [1.165, 1.54) is 12.3 Å². The highest BCUT2D eigenvalue weighted by Crippen LogP contribution is 2.24. The van der Waals surface area contributed by atoms with Crippen LogP contribution in [-0.4, -0.2) is 44.3 Å². The lowest BCUT2D eigenvalue weighted by Gasteiger charge is -2.10. The summed E-state index contributed by atoms with van der Waals surface area (Å²) in [7, 11) is 0. The van der Waals surface area contributed by atoms with Gasteiger partial charge in [-0.1, -0.05) is 0 Å². The van der Waals surface area contributed by atoms with Crippen molar-refractivity contribution in [1.29, 1.82) is 0 Å². The van der Waals surface area contributed by atoms with E-state index in [2.05, 4.69) is 19.9 Å². The Bertz CT molecular complexity index is 981. The van der Waals surface area contributed by atoms with Crippen LogP contribution >= 0.6 is 0 Å². The Morgan fingerprint density at radius 1 is 1.42 bits per heavy atom. The van der Waals surface area contributed by atoms with E-state index >= 15 is 0 Å². The highest BCUT2D eigenvalue weighted by molar-refractivity contribution is 5.89. The second kappa shape index (κ2) is 6.79. The smallest absolute Gasteiger partial charge is 0.319 e. The number of alkyl halides is 2. The number of nitrogens with one attached hydrogen (secondary N) is 1. The van der Waals surface area contributed by atoms with Gasteiger partial charge in [0.05, 0.1) is 24.9 Å². The monoisotopic (exact) mass is 363 g/mol. The van der Waals surface area contributed by atoms with E-state index in [4.69, 9.17) is 9.47 Å². The van der Waals surface area contributed by atoms with Crippen molar-refractivity contribution in [3.63, 3.8) is 0 Å². The molecule has 0 saturated carbocycles. The average molecular weight is 363 g/mol. The molecule has 1 fully saturated rings. The number of pyridine rings is 1. The van der Waals surface area contributed by atoms with Crippen LogP contribution < -0.4 is 10.3 Å². The van der Waals surface area contributed by atoms with Gasteiger partial charge in [-0.3, -0.25) is 19.3 Å². The fourth-order valence-corrected chi connectivity index (χ4v) is 2.78. The third-order valence-corrected chi connectivity index (χ3v) is 4.15. The lowest BCUT2D eigenvalue weighted by molar-refractivity contribution is 0.0702. The van der Waals surface area contributed by atoms with E-state index in [-0.39, 0.29) is 34.2 Å². The fraction of sp³-hybridized carbons (Fsp3) is 0.375. The van der Waals surface area contributed by atoms with Gasteiger partial charge >= 0.3 is 6.55 Å². The lowest BCUT2D eigenvalue weighted by atomic mass is 10.1. The number of halogens is 2. The van der Waals surface area contributed by atoms with Crippen molar-refractivity contribution in [2.75, 3.05) is 19.8 Å². The predicted molar refractivity (Wildman–Crippen MR) is 87.1 cm³/mol. The molecule has 0 aromatic carbocycles. The number of aromatic nitrogens is 5. The van der Waals surface area contributed by atoms with Crippen LogP contribution in [0.3, 0.4) is 0 Å². The van der Waals surface area contributed by atoms with Crippen LogP contribution in [0.2, 0.25) is 0 Å². The molecule has 1 aliphatic rings. The molecule has 1 aliphatic heterocycles. The van der Waals surface area contributed by atoms with Crippen molar-refractivity contribution in [2.45, 2.75) is 13.0 Å². The third-order valence-electron chi connectivity index (χ3n) is 4.15. The van der Waals surface area contributed by atoms with Gasteiger partial charge in [0.2, 0.25) is 0 Å². The summed E-state index contributed by atoms with van der Waals surface area (Å²) < 4.78 is 37.1. The van der Waals surface area contributed by atoms with Gasteiger partial charge in [-0.05, 0) is 12.5 Å². The van der Waals surface area contributed by atoms with E-state index < -0.39 is 12.1 Å². The minimum atomic E-state index is -2.71. The molecule has 1 N–H and O–H groups in total. The largest absolute Gasteiger partial charge is 0.464 e. The van der Waals surface area contributed by atoms with Crippen LogP contribution in [0, 0.1) is 5.92 Å². The van der Waals surface area contributed by atoms with Crippen molar-refractivity contribution in [3.8, 4) is 17.4 Å². The summed E-state index contributed by atoms with van der Waals surface area (Å²) in [5.41, 5.74) is 0.282. The molecule has 0 amide bonds. The molecule has 8 nitrogen and oxygen atoms in total. The van der Waals surface area contributed by atoms with Gasteiger partial charge in [0.25, 0.3) is 11.6 Å². The highest BCUT2D eigenvalue weighted by atomic mass is 19.3. The lowest BCUT2D eigenvalue weighted by Crippen LogP contribution is -2.16. The Hall–Kier alpha value is -2.88. The summed E-state index contributed by atoms with van der Waals surface area (Å²) >= 11 is 0. The molecule has 0 aliphatic carbocycles. The molecule has 0 bridgehead atoms. The van der Waals surface area contributed by atoms with Crippen molar-refractivity contribution < 1.29 is 18.3 Å². The molecule has 10 heteroatoms. The maximum absolute atomic E-state index is 12.8. The minimum absolute atomic E-state index is 0.0527. The Labute approximate surface area is 145 Å². The van der Waals surface area contributed by atoms with E-state index in [0.717, 1.165) is 18.9 Å². The Kier molecular flexibility index (Phi) is 4.33. The van der Waals surface area contributed by atoms with Gasteiger partial charge < -0.3 is 9.47 Å². The number of ether oxygens (including phenoxy) is 2. The van der Waals surface area contributed by atoms with Gasteiger partial charge in [0.1, 0.15) is 16.9 Å². The van der Waals surface area contributed by atoms with Crippen LogP contribution in [0.1, 0.15) is 13.0 Å². The summed E-state index contributed by atoms with van der Waals surface area (Å²) in [6.45, 7) is -1.05. The first kappa shape index (κ1) is 16.6. The molecule has 136 valence electrons. The number of H-pyrrole nitrogens is 1. The summed E-state index contributed by atoms with van der Waals surface area (Å²) in [5, 5.41) is 0.276. The zero-order valence-corrected chi connectivity index (χ0v) is 13.6. The average Bonchev–Trinajstić information content (AvgIpc) is 3.31. The second-order valence-corrected chi connectivity index (χ2v) is 5.95. The first-order valence-corrected chi connectivity index (χ1v) is 8.03. The summed E-state index contributed by atoms with van der Waals surface area (Å²) in [5.74, 6) is 0.242. The Morgan fingerprint density at radius 3 is 3.04 bits per heavy atom. The van der Waals surface area contributed by atoms with Gasteiger partial charge in [-0.2, -0.15) is 13.8 Å².